The van der Waals surface area contributed by atoms with Gasteiger partial charge < -0.3 is 4.57 Å². The van der Waals surface area contributed by atoms with Gasteiger partial charge in [0.2, 0.25) is 0 Å². The first-order valence-corrected chi connectivity index (χ1v) is 11.2. The molecule has 3 aromatic heterocycles. The second kappa shape index (κ2) is 8.39. The molecule has 0 spiro atoms. The van der Waals surface area contributed by atoms with Gasteiger partial charge in [0, 0.05) is 41.0 Å². The summed E-state index contributed by atoms with van der Waals surface area (Å²) in [6.45, 7) is 4.00. The summed E-state index contributed by atoms with van der Waals surface area (Å²) in [6.07, 6.45) is 0.713. The maximum Gasteiger partial charge on any atom is 0.196 e. The van der Waals surface area contributed by atoms with E-state index in [1.54, 1.807) is 11.3 Å². The van der Waals surface area contributed by atoms with Gasteiger partial charge in [0.1, 0.15) is 5.82 Å². The molecule has 0 saturated carbocycles. The maximum absolute atomic E-state index is 12.8. The van der Waals surface area contributed by atoms with Crippen molar-refractivity contribution >= 4 is 28.9 Å². The number of aryl methyl sites for hydroxylation is 1. The van der Waals surface area contributed by atoms with E-state index in [9.17, 15) is 4.79 Å². The van der Waals surface area contributed by atoms with E-state index < -0.39 is 0 Å². The van der Waals surface area contributed by atoms with Crippen LogP contribution in [0.3, 0.4) is 0 Å². The number of carbonyl (C=O) groups excluding carboxylic acids is 1. The average molecular weight is 423 g/mol. The molecule has 0 fully saturated rings. The number of thioether (sulfide) groups is 1. The minimum atomic E-state index is 0.110. The molecule has 4 aromatic rings. The smallest absolute Gasteiger partial charge is 0.196 e. The van der Waals surface area contributed by atoms with Gasteiger partial charge in [-0.25, -0.2) is 0 Å². The minimum absolute atomic E-state index is 0.110. The van der Waals surface area contributed by atoms with E-state index in [2.05, 4.69) is 26.2 Å². The molecule has 0 bridgehead atoms. The summed E-state index contributed by atoms with van der Waals surface area (Å²) in [5.41, 5.74) is 3.87. The van der Waals surface area contributed by atoms with Crippen LogP contribution >= 0.6 is 23.1 Å². The predicted molar refractivity (Wildman–Crippen MR) is 118 cm³/mol. The summed E-state index contributed by atoms with van der Waals surface area (Å²) in [4.78, 5) is 14.1. The predicted octanol–water partition coefficient (Wildman–Crippen LogP) is 4.85. The van der Waals surface area contributed by atoms with E-state index >= 15 is 0 Å². The van der Waals surface area contributed by atoms with Crippen LogP contribution in [-0.4, -0.2) is 30.9 Å². The number of nitrogens with zero attached hydrogens (tertiary/aromatic N) is 4. The molecule has 7 heteroatoms. The first-order chi connectivity index (χ1) is 14.0. The zero-order valence-corrected chi connectivity index (χ0v) is 18.3. The average Bonchev–Trinajstić information content (AvgIpc) is 3.44. The summed E-state index contributed by atoms with van der Waals surface area (Å²) >= 11 is 3.14. The molecular weight excluding hydrogens is 400 g/mol. The Morgan fingerprint density at radius 3 is 2.55 bits per heavy atom. The highest BCUT2D eigenvalue weighted by Crippen LogP contribution is 2.26. The molecule has 148 valence electrons. The third kappa shape index (κ3) is 4.06. The van der Waals surface area contributed by atoms with Gasteiger partial charge in [0.05, 0.1) is 5.75 Å². The summed E-state index contributed by atoms with van der Waals surface area (Å²) in [6, 6.07) is 16.2. The number of para-hydroxylation sites is 1. The number of Topliss-reactive ketones (excluding diaryl/α,β-unsaturated/α-hetero) is 1. The van der Waals surface area contributed by atoms with E-state index in [1.165, 1.54) is 16.6 Å². The molecular formula is C22H22N4OS2. The van der Waals surface area contributed by atoms with Crippen LogP contribution in [0.15, 0.2) is 59.1 Å². The number of carbonyl (C=O) groups is 1. The Bertz CT molecular complexity index is 1130. The lowest BCUT2D eigenvalue weighted by Gasteiger charge is -2.09. The maximum atomic E-state index is 12.8. The lowest BCUT2D eigenvalue weighted by Crippen LogP contribution is -2.07. The first kappa shape index (κ1) is 19.7. The second-order valence-electron chi connectivity index (χ2n) is 6.88. The summed E-state index contributed by atoms with van der Waals surface area (Å²) in [5.74, 6) is 1.31. The van der Waals surface area contributed by atoms with Gasteiger partial charge in [-0.15, -0.1) is 21.5 Å². The fourth-order valence-electron chi connectivity index (χ4n) is 3.26. The third-order valence-electron chi connectivity index (χ3n) is 5.04. The second-order valence-corrected chi connectivity index (χ2v) is 8.86. The molecule has 0 aliphatic heterocycles. The van der Waals surface area contributed by atoms with Gasteiger partial charge in [-0.2, -0.15) is 0 Å². The number of rotatable bonds is 7. The van der Waals surface area contributed by atoms with Crippen molar-refractivity contribution in [2.24, 2.45) is 7.05 Å². The number of hydrogen-bond acceptors (Lipinski definition) is 5. The van der Waals surface area contributed by atoms with E-state index in [4.69, 9.17) is 0 Å². The van der Waals surface area contributed by atoms with Crippen LogP contribution in [0.2, 0.25) is 0 Å². The topological polar surface area (TPSA) is 52.7 Å². The number of hydrogen-bond donors (Lipinski definition) is 0. The zero-order chi connectivity index (χ0) is 20.4. The molecule has 1 aromatic carbocycles. The lowest BCUT2D eigenvalue weighted by atomic mass is 10.2. The van der Waals surface area contributed by atoms with Crippen LogP contribution in [0.4, 0.5) is 0 Å². The van der Waals surface area contributed by atoms with Gasteiger partial charge in [0.25, 0.3) is 0 Å². The van der Waals surface area contributed by atoms with Crippen molar-refractivity contribution in [2.75, 3.05) is 5.75 Å². The number of ketones is 1. The van der Waals surface area contributed by atoms with Crippen LogP contribution < -0.4 is 0 Å². The fourth-order valence-corrected chi connectivity index (χ4v) is 4.81. The molecule has 0 atom stereocenters. The monoisotopic (exact) mass is 422 g/mol. The number of thiophene rings is 1. The summed E-state index contributed by atoms with van der Waals surface area (Å²) in [7, 11) is 1.98. The standard InChI is InChI=1S/C22H22N4OS2/c1-15-12-19(16(2)25(15)3)20(27)14-29-22-24-23-21(13-18-10-7-11-28-18)26(22)17-8-5-4-6-9-17/h4-12H,13-14H2,1-3H3. The molecule has 0 unspecified atom stereocenters. The van der Waals surface area contributed by atoms with E-state index in [0.717, 1.165) is 33.6 Å². The van der Waals surface area contributed by atoms with Crippen molar-refractivity contribution in [3.63, 3.8) is 0 Å². The molecule has 0 aliphatic rings. The van der Waals surface area contributed by atoms with Crippen LogP contribution in [0.5, 0.6) is 0 Å². The van der Waals surface area contributed by atoms with Gasteiger partial charge in [-0.3, -0.25) is 9.36 Å². The van der Waals surface area contributed by atoms with Crippen molar-refractivity contribution < 1.29 is 4.79 Å². The van der Waals surface area contributed by atoms with E-state index in [-0.39, 0.29) is 5.78 Å². The van der Waals surface area contributed by atoms with Gasteiger partial charge >= 0.3 is 0 Å². The normalized spacial score (nSPS) is 11.1. The molecule has 0 radical (unpaired) electrons. The molecule has 3 heterocycles. The Hall–Kier alpha value is -2.64. The van der Waals surface area contributed by atoms with Gasteiger partial charge in [-0.05, 0) is 43.5 Å². The molecule has 0 N–H and O–H groups in total. The van der Waals surface area contributed by atoms with Crippen molar-refractivity contribution in [3.05, 3.63) is 81.6 Å². The quantitative estimate of drug-likeness (QED) is 0.316. The molecule has 0 aliphatic carbocycles. The van der Waals surface area contributed by atoms with Crippen LogP contribution in [0, 0.1) is 13.8 Å². The van der Waals surface area contributed by atoms with Crippen molar-refractivity contribution in [1.82, 2.24) is 19.3 Å². The highest BCUT2D eigenvalue weighted by molar-refractivity contribution is 7.99. The minimum Gasteiger partial charge on any atom is -0.351 e. The van der Waals surface area contributed by atoms with E-state index in [1.807, 2.05) is 67.9 Å². The SMILES string of the molecule is Cc1cc(C(=O)CSc2nnc(Cc3cccs3)n2-c2ccccc2)c(C)n1C. The van der Waals surface area contributed by atoms with Crippen LogP contribution in [0.25, 0.3) is 5.69 Å². The van der Waals surface area contributed by atoms with Gasteiger partial charge in [-0.1, -0.05) is 36.0 Å². The van der Waals surface area contributed by atoms with Crippen LogP contribution in [0.1, 0.15) is 32.4 Å². The first-order valence-electron chi connectivity index (χ1n) is 9.35. The highest BCUT2D eigenvalue weighted by atomic mass is 32.2. The molecule has 29 heavy (non-hydrogen) atoms. The third-order valence-corrected chi connectivity index (χ3v) is 6.84. The highest BCUT2D eigenvalue weighted by Gasteiger charge is 2.19. The number of aromatic nitrogens is 4. The Morgan fingerprint density at radius 1 is 1.10 bits per heavy atom. The van der Waals surface area contributed by atoms with Crippen molar-refractivity contribution in [3.8, 4) is 5.69 Å². The van der Waals surface area contributed by atoms with Gasteiger partial charge in [0.15, 0.2) is 10.9 Å². The van der Waals surface area contributed by atoms with E-state index in [0.29, 0.717) is 12.2 Å². The van der Waals surface area contributed by atoms with Crippen molar-refractivity contribution in [2.45, 2.75) is 25.4 Å². The molecule has 5 nitrogen and oxygen atoms in total. The lowest BCUT2D eigenvalue weighted by molar-refractivity contribution is 0.102. The Kier molecular flexibility index (Phi) is 5.69. The van der Waals surface area contributed by atoms with Crippen molar-refractivity contribution in [1.29, 1.82) is 0 Å². The largest absolute Gasteiger partial charge is 0.351 e. The molecule has 0 amide bonds. The Morgan fingerprint density at radius 2 is 1.90 bits per heavy atom. The summed E-state index contributed by atoms with van der Waals surface area (Å²) < 4.78 is 4.10. The number of benzene rings is 1. The Balaban J connectivity index is 1.60. The van der Waals surface area contributed by atoms with Crippen LogP contribution in [-0.2, 0) is 13.5 Å². The molecule has 0 saturated heterocycles. The fraction of sp³-hybridized carbons (Fsp3) is 0.227. The zero-order valence-electron chi connectivity index (χ0n) is 16.6. The Labute approximate surface area is 178 Å². The molecule has 4 rings (SSSR count). The summed E-state index contributed by atoms with van der Waals surface area (Å²) in [5, 5.41) is 11.6.